The first-order chi connectivity index (χ1) is 8.24. The SMILES string of the molecule is CC(O)Cc1ccc(CC2CCCNC2)cc1. The van der Waals surface area contributed by atoms with Gasteiger partial charge in [-0.1, -0.05) is 24.3 Å². The second-order valence-electron chi connectivity index (χ2n) is 5.29. The fourth-order valence-electron chi connectivity index (χ4n) is 2.58. The Morgan fingerprint density at radius 2 is 2.00 bits per heavy atom. The molecule has 2 nitrogen and oxygen atoms in total. The molecule has 2 N–H and O–H groups in total. The first kappa shape index (κ1) is 12.6. The van der Waals surface area contributed by atoms with Crippen molar-refractivity contribution in [2.75, 3.05) is 13.1 Å². The average Bonchev–Trinajstić information content (AvgIpc) is 2.32. The molecule has 0 radical (unpaired) electrons. The van der Waals surface area contributed by atoms with Gasteiger partial charge in [-0.3, -0.25) is 0 Å². The van der Waals surface area contributed by atoms with E-state index in [1.54, 1.807) is 0 Å². The van der Waals surface area contributed by atoms with Crippen molar-refractivity contribution in [1.82, 2.24) is 5.32 Å². The fourth-order valence-corrected chi connectivity index (χ4v) is 2.58. The van der Waals surface area contributed by atoms with Gasteiger partial charge in [0, 0.05) is 0 Å². The zero-order valence-electron chi connectivity index (χ0n) is 10.7. The molecule has 0 aromatic heterocycles. The maximum atomic E-state index is 9.33. The number of nitrogens with one attached hydrogen (secondary N) is 1. The second kappa shape index (κ2) is 6.18. The van der Waals surface area contributed by atoms with Crippen LogP contribution in [-0.2, 0) is 12.8 Å². The Morgan fingerprint density at radius 1 is 1.29 bits per heavy atom. The Balaban J connectivity index is 1.88. The van der Waals surface area contributed by atoms with Crippen molar-refractivity contribution in [2.24, 2.45) is 5.92 Å². The predicted octanol–water partition coefficient (Wildman–Crippen LogP) is 2.15. The molecule has 1 saturated heterocycles. The summed E-state index contributed by atoms with van der Waals surface area (Å²) in [4.78, 5) is 0. The molecule has 0 spiro atoms. The molecule has 0 bridgehead atoms. The number of hydrogen-bond donors (Lipinski definition) is 2. The summed E-state index contributed by atoms with van der Waals surface area (Å²) in [5, 5.41) is 12.8. The fraction of sp³-hybridized carbons (Fsp3) is 0.600. The van der Waals surface area contributed by atoms with Crippen molar-refractivity contribution in [1.29, 1.82) is 0 Å². The van der Waals surface area contributed by atoms with Crippen LogP contribution in [0.15, 0.2) is 24.3 Å². The minimum atomic E-state index is -0.247. The van der Waals surface area contributed by atoms with Gasteiger partial charge < -0.3 is 10.4 Å². The van der Waals surface area contributed by atoms with Crippen LogP contribution in [-0.4, -0.2) is 24.3 Å². The van der Waals surface area contributed by atoms with Crippen LogP contribution < -0.4 is 5.32 Å². The van der Waals surface area contributed by atoms with E-state index in [0.717, 1.165) is 18.9 Å². The molecule has 2 rings (SSSR count). The Labute approximate surface area is 104 Å². The third-order valence-corrected chi connectivity index (χ3v) is 3.48. The van der Waals surface area contributed by atoms with Crippen LogP contribution in [0.4, 0.5) is 0 Å². The molecule has 1 fully saturated rings. The summed E-state index contributed by atoms with van der Waals surface area (Å²) in [6.45, 7) is 4.18. The molecule has 2 unspecified atom stereocenters. The van der Waals surface area contributed by atoms with Gasteiger partial charge >= 0.3 is 0 Å². The van der Waals surface area contributed by atoms with Gasteiger partial charge in [0.2, 0.25) is 0 Å². The van der Waals surface area contributed by atoms with Gasteiger partial charge in [-0.15, -0.1) is 0 Å². The van der Waals surface area contributed by atoms with Crippen LogP contribution in [0.5, 0.6) is 0 Å². The molecule has 0 amide bonds. The molecule has 17 heavy (non-hydrogen) atoms. The highest BCUT2D eigenvalue weighted by Crippen LogP contribution is 2.17. The Morgan fingerprint density at radius 3 is 2.59 bits per heavy atom. The smallest absolute Gasteiger partial charge is 0.0552 e. The number of aliphatic hydroxyl groups excluding tert-OH is 1. The van der Waals surface area contributed by atoms with Crippen molar-refractivity contribution in [2.45, 2.75) is 38.7 Å². The monoisotopic (exact) mass is 233 g/mol. The van der Waals surface area contributed by atoms with Gasteiger partial charge in [0.1, 0.15) is 0 Å². The Kier molecular flexibility index (Phi) is 4.57. The molecular weight excluding hydrogens is 210 g/mol. The van der Waals surface area contributed by atoms with Gasteiger partial charge in [-0.05, 0) is 62.7 Å². The zero-order valence-corrected chi connectivity index (χ0v) is 10.7. The highest BCUT2D eigenvalue weighted by atomic mass is 16.3. The van der Waals surface area contributed by atoms with Crippen molar-refractivity contribution < 1.29 is 5.11 Å². The third-order valence-electron chi connectivity index (χ3n) is 3.48. The van der Waals surface area contributed by atoms with E-state index in [9.17, 15) is 5.11 Å². The summed E-state index contributed by atoms with van der Waals surface area (Å²) >= 11 is 0. The first-order valence-electron chi connectivity index (χ1n) is 6.70. The minimum absolute atomic E-state index is 0.247. The Hall–Kier alpha value is -0.860. The van der Waals surface area contributed by atoms with Crippen LogP contribution in [0.3, 0.4) is 0 Å². The highest BCUT2D eigenvalue weighted by molar-refractivity contribution is 5.23. The normalized spacial score (nSPS) is 22.4. The van der Waals surface area contributed by atoms with Crippen LogP contribution in [0.1, 0.15) is 30.9 Å². The number of aliphatic hydroxyl groups is 1. The van der Waals surface area contributed by atoms with E-state index in [1.807, 2.05) is 6.92 Å². The number of benzene rings is 1. The molecule has 94 valence electrons. The lowest BCUT2D eigenvalue weighted by atomic mass is 9.92. The molecule has 1 aliphatic heterocycles. The molecule has 1 aromatic carbocycles. The molecule has 2 atom stereocenters. The van der Waals surface area contributed by atoms with Crippen LogP contribution >= 0.6 is 0 Å². The van der Waals surface area contributed by atoms with Crippen molar-refractivity contribution in [3.05, 3.63) is 35.4 Å². The third kappa shape index (κ3) is 4.14. The maximum absolute atomic E-state index is 9.33. The van der Waals surface area contributed by atoms with Gasteiger partial charge in [-0.2, -0.15) is 0 Å². The summed E-state index contributed by atoms with van der Waals surface area (Å²) in [7, 11) is 0. The van der Waals surface area contributed by atoms with E-state index in [0.29, 0.717) is 0 Å². The molecule has 0 saturated carbocycles. The molecule has 1 aliphatic rings. The van der Waals surface area contributed by atoms with E-state index < -0.39 is 0 Å². The maximum Gasteiger partial charge on any atom is 0.0552 e. The van der Waals surface area contributed by atoms with Crippen LogP contribution in [0, 0.1) is 5.92 Å². The van der Waals surface area contributed by atoms with Gasteiger partial charge in [0.25, 0.3) is 0 Å². The molecule has 2 heteroatoms. The van der Waals surface area contributed by atoms with Crippen molar-refractivity contribution in [3.8, 4) is 0 Å². The van der Waals surface area contributed by atoms with Crippen molar-refractivity contribution >= 4 is 0 Å². The summed E-state index contributed by atoms with van der Waals surface area (Å²) in [6.07, 6.45) is 4.35. The van der Waals surface area contributed by atoms with Crippen LogP contribution in [0.25, 0.3) is 0 Å². The number of piperidine rings is 1. The van der Waals surface area contributed by atoms with Crippen LogP contribution in [0.2, 0.25) is 0 Å². The molecule has 1 aromatic rings. The summed E-state index contributed by atoms with van der Waals surface area (Å²) in [5.41, 5.74) is 2.65. The van der Waals surface area contributed by atoms with E-state index in [4.69, 9.17) is 0 Å². The van der Waals surface area contributed by atoms with Gasteiger partial charge in [-0.25, -0.2) is 0 Å². The quantitative estimate of drug-likeness (QED) is 0.835. The topological polar surface area (TPSA) is 32.3 Å². The molecular formula is C15H23NO. The highest BCUT2D eigenvalue weighted by Gasteiger charge is 2.13. The standard InChI is InChI=1S/C15H23NO/c1-12(17)9-13-4-6-14(7-5-13)10-15-3-2-8-16-11-15/h4-7,12,15-17H,2-3,8-11H2,1H3. The Bertz CT molecular complexity index is 325. The lowest BCUT2D eigenvalue weighted by molar-refractivity contribution is 0.195. The van der Waals surface area contributed by atoms with Gasteiger partial charge in [0.05, 0.1) is 6.10 Å². The summed E-state index contributed by atoms with van der Waals surface area (Å²) in [5.74, 6) is 0.798. The van der Waals surface area contributed by atoms with E-state index in [1.165, 1.54) is 36.9 Å². The van der Waals surface area contributed by atoms with E-state index in [2.05, 4.69) is 29.6 Å². The van der Waals surface area contributed by atoms with E-state index in [-0.39, 0.29) is 6.10 Å². The lowest BCUT2D eigenvalue weighted by Gasteiger charge is -2.22. The minimum Gasteiger partial charge on any atom is -0.393 e. The largest absolute Gasteiger partial charge is 0.393 e. The zero-order chi connectivity index (χ0) is 12.1. The second-order valence-corrected chi connectivity index (χ2v) is 5.29. The first-order valence-corrected chi connectivity index (χ1v) is 6.70. The molecule has 1 heterocycles. The molecule has 0 aliphatic carbocycles. The predicted molar refractivity (Wildman–Crippen MR) is 71.1 cm³/mol. The lowest BCUT2D eigenvalue weighted by Crippen LogP contribution is -2.30. The van der Waals surface area contributed by atoms with Crippen molar-refractivity contribution in [3.63, 3.8) is 0 Å². The average molecular weight is 233 g/mol. The number of rotatable bonds is 4. The summed E-state index contributed by atoms with van der Waals surface area (Å²) in [6, 6.07) is 8.73. The number of hydrogen-bond acceptors (Lipinski definition) is 2. The van der Waals surface area contributed by atoms with E-state index >= 15 is 0 Å². The van der Waals surface area contributed by atoms with Gasteiger partial charge in [0.15, 0.2) is 0 Å². The summed E-state index contributed by atoms with van der Waals surface area (Å²) < 4.78 is 0.